The van der Waals surface area contributed by atoms with Crippen molar-refractivity contribution in [3.8, 4) is 5.75 Å². The Morgan fingerprint density at radius 3 is 2.30 bits per heavy atom. The fourth-order valence-corrected chi connectivity index (χ4v) is 5.47. The number of rotatable bonds is 5. The van der Waals surface area contributed by atoms with E-state index < -0.39 is 18.1 Å². The van der Waals surface area contributed by atoms with Gasteiger partial charge >= 0.3 is 0 Å². The van der Waals surface area contributed by atoms with Crippen LogP contribution < -0.4 is 26.0 Å². The molecule has 0 bridgehead atoms. The van der Waals surface area contributed by atoms with E-state index in [1.165, 1.54) is 0 Å². The first-order chi connectivity index (χ1) is 20.7. The van der Waals surface area contributed by atoms with E-state index in [4.69, 9.17) is 4.74 Å². The Morgan fingerprint density at radius 1 is 0.791 bits per heavy atom. The summed E-state index contributed by atoms with van der Waals surface area (Å²) in [6, 6.07) is 20.2. The highest BCUT2D eigenvalue weighted by Gasteiger charge is 2.31. The van der Waals surface area contributed by atoms with Gasteiger partial charge in [-0.25, -0.2) is 0 Å². The summed E-state index contributed by atoms with van der Waals surface area (Å²) in [6.45, 7) is 9.14. The third kappa shape index (κ3) is 9.29. The second-order valence-electron chi connectivity index (χ2n) is 12.2. The number of ether oxygens (including phenoxy) is 1. The maximum absolute atomic E-state index is 13.8. The number of amides is 3. The Balaban J connectivity index is 1.60. The lowest BCUT2D eigenvalue weighted by Gasteiger charge is -2.28. The van der Waals surface area contributed by atoms with Crippen LogP contribution >= 0.6 is 0 Å². The lowest BCUT2D eigenvalue weighted by molar-refractivity contribution is -0.133. The van der Waals surface area contributed by atoms with Crippen molar-refractivity contribution in [3.05, 3.63) is 77.9 Å². The molecule has 1 heterocycles. The van der Waals surface area contributed by atoms with E-state index in [0.29, 0.717) is 32.5 Å². The summed E-state index contributed by atoms with van der Waals surface area (Å²) < 4.78 is 6.14. The molecule has 1 aliphatic heterocycles. The van der Waals surface area contributed by atoms with Crippen LogP contribution in [0.1, 0.15) is 51.7 Å². The monoisotopic (exact) mass is 586 g/mol. The molecule has 4 rings (SSSR count). The summed E-state index contributed by atoms with van der Waals surface area (Å²) in [7, 11) is 0. The largest absolute Gasteiger partial charge is 0.492 e. The molecule has 0 fully saturated rings. The van der Waals surface area contributed by atoms with Gasteiger partial charge in [-0.3, -0.25) is 14.4 Å². The van der Waals surface area contributed by atoms with Crippen molar-refractivity contribution in [1.29, 1.82) is 0 Å². The molecule has 3 amide bonds. The Hall–Kier alpha value is -3.91. The molecule has 0 saturated carbocycles. The highest BCUT2D eigenvalue weighted by Crippen LogP contribution is 2.20. The zero-order valence-corrected chi connectivity index (χ0v) is 25.8. The topological polar surface area (TPSA) is 109 Å². The maximum atomic E-state index is 13.8. The van der Waals surface area contributed by atoms with Gasteiger partial charge in [-0.1, -0.05) is 88.4 Å². The van der Waals surface area contributed by atoms with Crippen molar-refractivity contribution in [1.82, 2.24) is 21.3 Å². The first-order valence-electron chi connectivity index (χ1n) is 15.5. The van der Waals surface area contributed by atoms with Crippen LogP contribution in [-0.2, 0) is 27.2 Å². The Kier molecular flexibility index (Phi) is 11.6. The number of hydrogen-bond donors (Lipinski definition) is 4. The zero-order chi connectivity index (χ0) is 30.8. The molecule has 3 aromatic carbocycles. The van der Waals surface area contributed by atoms with Gasteiger partial charge in [0, 0.05) is 13.1 Å². The number of fused-ring (bicyclic) bond motifs is 2. The first-order valence-corrected chi connectivity index (χ1v) is 15.5. The number of para-hydroxylation sites is 1. The molecule has 1 aliphatic rings. The summed E-state index contributed by atoms with van der Waals surface area (Å²) in [5, 5.41) is 14.6. The van der Waals surface area contributed by atoms with Gasteiger partial charge in [0.15, 0.2) is 0 Å². The van der Waals surface area contributed by atoms with Crippen molar-refractivity contribution in [2.45, 2.75) is 71.5 Å². The molecular formula is C35H46N4O4. The normalized spacial score (nSPS) is 21.3. The number of carbonyl (C=O) groups is 3. The third-order valence-corrected chi connectivity index (χ3v) is 7.80. The fourth-order valence-electron chi connectivity index (χ4n) is 5.47. The van der Waals surface area contributed by atoms with Crippen molar-refractivity contribution >= 4 is 28.5 Å². The highest BCUT2D eigenvalue weighted by atomic mass is 16.5. The summed E-state index contributed by atoms with van der Waals surface area (Å²) in [5.41, 5.74) is 2.08. The quantitative estimate of drug-likeness (QED) is 0.359. The maximum Gasteiger partial charge on any atom is 0.243 e. The van der Waals surface area contributed by atoms with Crippen LogP contribution in [-0.4, -0.2) is 55.5 Å². The molecule has 8 heteroatoms. The summed E-state index contributed by atoms with van der Waals surface area (Å²) in [5.74, 6) is -0.0196. The number of hydrogen-bond acceptors (Lipinski definition) is 5. The first kappa shape index (κ1) is 32.0. The minimum Gasteiger partial charge on any atom is -0.492 e. The fraction of sp³-hybridized carbons (Fsp3) is 0.457. The van der Waals surface area contributed by atoms with Gasteiger partial charge in [0.1, 0.15) is 24.4 Å². The SMILES string of the molecule is CC(C)C[C@@H]1NC(=O)[C@@H](C(C)C)NC(=O)[C@@H](Cc2ccc3ccccc3c2)NCCOc2ccccc2CCCNC1=O. The van der Waals surface area contributed by atoms with Crippen LogP contribution in [0.3, 0.4) is 0 Å². The minimum absolute atomic E-state index is 0.182. The van der Waals surface area contributed by atoms with E-state index in [-0.39, 0.29) is 29.6 Å². The highest BCUT2D eigenvalue weighted by molar-refractivity contribution is 5.93. The predicted octanol–water partition coefficient (Wildman–Crippen LogP) is 4.15. The average Bonchev–Trinajstić information content (AvgIpc) is 2.98. The molecule has 0 aromatic heterocycles. The Bertz CT molecular complexity index is 1390. The van der Waals surface area contributed by atoms with E-state index in [1.54, 1.807) is 0 Å². The molecule has 43 heavy (non-hydrogen) atoms. The zero-order valence-electron chi connectivity index (χ0n) is 25.8. The van der Waals surface area contributed by atoms with Gasteiger partial charge in [0.2, 0.25) is 17.7 Å². The number of carbonyl (C=O) groups excluding carboxylic acids is 3. The smallest absolute Gasteiger partial charge is 0.243 e. The van der Waals surface area contributed by atoms with E-state index in [1.807, 2.05) is 70.2 Å². The Labute approximate surface area is 255 Å². The number of nitrogens with one attached hydrogen (secondary N) is 4. The molecule has 3 aromatic rings. The summed E-state index contributed by atoms with van der Waals surface area (Å²) in [6.07, 6.45) is 2.43. The van der Waals surface area contributed by atoms with Crippen LogP contribution in [0.4, 0.5) is 0 Å². The van der Waals surface area contributed by atoms with Crippen molar-refractivity contribution in [3.63, 3.8) is 0 Å². The molecule has 8 nitrogen and oxygen atoms in total. The van der Waals surface area contributed by atoms with E-state index in [2.05, 4.69) is 45.5 Å². The van der Waals surface area contributed by atoms with E-state index in [9.17, 15) is 14.4 Å². The lowest BCUT2D eigenvalue weighted by Crippen LogP contribution is -2.58. The Morgan fingerprint density at radius 2 is 1.53 bits per heavy atom. The molecule has 3 atom stereocenters. The standard InChI is InChI=1S/C35H46N4O4/c1-23(2)20-30-33(40)37-17-9-13-27-11-7-8-14-31(27)43-19-18-36-29(34(41)39-32(24(3)4)35(42)38-30)22-25-15-16-26-10-5-6-12-28(26)21-25/h5-8,10-12,14-16,21,23-24,29-30,32,36H,9,13,17-20,22H2,1-4H3,(H,37,40)(H,38,42)(H,39,41)/t29-,30+,32-/m1/s1. The van der Waals surface area contributed by atoms with Crippen LogP contribution in [0.15, 0.2) is 66.7 Å². The second kappa shape index (κ2) is 15.5. The summed E-state index contributed by atoms with van der Waals surface area (Å²) in [4.78, 5) is 40.5. The van der Waals surface area contributed by atoms with E-state index in [0.717, 1.165) is 40.5 Å². The van der Waals surface area contributed by atoms with Crippen LogP contribution in [0.5, 0.6) is 5.75 Å². The number of aryl methyl sites for hydroxylation is 1. The third-order valence-electron chi connectivity index (χ3n) is 7.80. The van der Waals surface area contributed by atoms with Crippen molar-refractivity contribution in [2.24, 2.45) is 11.8 Å². The van der Waals surface area contributed by atoms with Gasteiger partial charge in [-0.05, 0) is 65.5 Å². The molecule has 0 spiro atoms. The molecule has 0 unspecified atom stereocenters. The van der Waals surface area contributed by atoms with Crippen LogP contribution in [0.2, 0.25) is 0 Å². The second-order valence-corrected chi connectivity index (χ2v) is 12.2. The lowest BCUT2D eigenvalue weighted by atomic mass is 9.98. The molecule has 230 valence electrons. The number of benzene rings is 3. The van der Waals surface area contributed by atoms with E-state index >= 15 is 0 Å². The molecular weight excluding hydrogens is 540 g/mol. The average molecular weight is 587 g/mol. The molecule has 0 saturated heterocycles. The predicted molar refractivity (Wildman–Crippen MR) is 171 cm³/mol. The molecule has 0 radical (unpaired) electrons. The van der Waals surface area contributed by atoms with Gasteiger partial charge in [-0.15, -0.1) is 0 Å². The molecule has 0 aliphatic carbocycles. The minimum atomic E-state index is -0.794. The van der Waals surface area contributed by atoms with Gasteiger partial charge in [0.25, 0.3) is 0 Å². The van der Waals surface area contributed by atoms with Crippen molar-refractivity contribution < 1.29 is 19.1 Å². The summed E-state index contributed by atoms with van der Waals surface area (Å²) >= 11 is 0. The van der Waals surface area contributed by atoms with Crippen LogP contribution in [0.25, 0.3) is 10.8 Å². The van der Waals surface area contributed by atoms with Gasteiger partial charge < -0.3 is 26.0 Å². The van der Waals surface area contributed by atoms with Crippen molar-refractivity contribution in [2.75, 3.05) is 19.7 Å². The van der Waals surface area contributed by atoms with Crippen LogP contribution in [0, 0.1) is 11.8 Å². The molecule has 4 N–H and O–H groups in total. The van der Waals surface area contributed by atoms with Gasteiger partial charge in [0.05, 0.1) is 6.04 Å². The van der Waals surface area contributed by atoms with Gasteiger partial charge in [-0.2, -0.15) is 0 Å².